The van der Waals surface area contributed by atoms with Crippen molar-refractivity contribution in [1.29, 1.82) is 0 Å². The molecule has 0 saturated heterocycles. The Kier molecular flexibility index (Phi) is 7.39. The van der Waals surface area contributed by atoms with Gasteiger partial charge in [-0.2, -0.15) is 0 Å². The van der Waals surface area contributed by atoms with Crippen molar-refractivity contribution in [3.05, 3.63) is 95.1 Å². The molecule has 0 radical (unpaired) electrons. The summed E-state index contributed by atoms with van der Waals surface area (Å²) in [5.41, 5.74) is 2.20. The molecule has 0 aromatic heterocycles. The maximum absolute atomic E-state index is 13.1. The number of ketones is 1. The minimum Gasteiger partial charge on any atom is -0.493 e. The zero-order chi connectivity index (χ0) is 23.1. The van der Waals surface area contributed by atoms with Crippen molar-refractivity contribution in [2.24, 2.45) is 0 Å². The van der Waals surface area contributed by atoms with Crippen LogP contribution in [0.1, 0.15) is 50.5 Å². The molecule has 0 saturated carbocycles. The first-order chi connectivity index (χ1) is 15.4. The van der Waals surface area contributed by atoms with E-state index in [2.05, 4.69) is 0 Å². The molecule has 0 bridgehead atoms. The SMILES string of the molecule is CCOc1ccc(C(C)=O)cc1COC(=O)c1ccccc1C(=O)N(C)c1ccccc1. The molecule has 0 spiro atoms. The van der Waals surface area contributed by atoms with E-state index in [1.807, 2.05) is 37.3 Å². The molecule has 3 aromatic rings. The predicted octanol–water partition coefficient (Wildman–Crippen LogP) is 4.92. The Balaban J connectivity index is 1.82. The van der Waals surface area contributed by atoms with Gasteiger partial charge in [-0.25, -0.2) is 4.79 Å². The molecule has 0 unspecified atom stereocenters. The molecule has 32 heavy (non-hydrogen) atoms. The first kappa shape index (κ1) is 22.7. The van der Waals surface area contributed by atoms with Gasteiger partial charge in [0, 0.05) is 23.9 Å². The Morgan fingerprint density at radius 3 is 2.19 bits per heavy atom. The first-order valence-electron chi connectivity index (χ1n) is 10.3. The molecule has 0 aliphatic heterocycles. The van der Waals surface area contributed by atoms with E-state index in [0.29, 0.717) is 29.2 Å². The topological polar surface area (TPSA) is 72.9 Å². The van der Waals surface area contributed by atoms with E-state index in [1.165, 1.54) is 11.8 Å². The van der Waals surface area contributed by atoms with Gasteiger partial charge in [-0.1, -0.05) is 30.3 Å². The highest BCUT2D eigenvalue weighted by molar-refractivity contribution is 6.12. The Morgan fingerprint density at radius 2 is 1.53 bits per heavy atom. The molecule has 0 aliphatic rings. The average Bonchev–Trinajstić information content (AvgIpc) is 2.82. The van der Waals surface area contributed by atoms with Gasteiger partial charge in [0.05, 0.1) is 17.7 Å². The maximum Gasteiger partial charge on any atom is 0.339 e. The zero-order valence-electron chi connectivity index (χ0n) is 18.3. The number of rotatable bonds is 8. The van der Waals surface area contributed by atoms with Crippen molar-refractivity contribution in [1.82, 2.24) is 0 Å². The lowest BCUT2D eigenvalue weighted by Crippen LogP contribution is -2.28. The summed E-state index contributed by atoms with van der Waals surface area (Å²) in [6.07, 6.45) is 0. The third-order valence-corrected chi connectivity index (χ3v) is 4.95. The van der Waals surface area contributed by atoms with Crippen LogP contribution >= 0.6 is 0 Å². The zero-order valence-corrected chi connectivity index (χ0v) is 18.3. The van der Waals surface area contributed by atoms with Crippen LogP contribution in [0.5, 0.6) is 5.75 Å². The second-order valence-corrected chi connectivity index (χ2v) is 7.13. The van der Waals surface area contributed by atoms with Crippen LogP contribution in [-0.2, 0) is 11.3 Å². The molecule has 0 aliphatic carbocycles. The molecular formula is C26H25NO5. The third-order valence-electron chi connectivity index (χ3n) is 4.95. The number of esters is 1. The van der Waals surface area contributed by atoms with E-state index < -0.39 is 5.97 Å². The summed E-state index contributed by atoms with van der Waals surface area (Å²) in [5.74, 6) is -0.512. The van der Waals surface area contributed by atoms with Crippen LogP contribution in [-0.4, -0.2) is 31.3 Å². The second kappa shape index (κ2) is 10.4. The summed E-state index contributed by atoms with van der Waals surface area (Å²) in [6, 6.07) is 20.7. The highest BCUT2D eigenvalue weighted by Gasteiger charge is 2.22. The van der Waals surface area contributed by atoms with Gasteiger partial charge in [0.1, 0.15) is 12.4 Å². The van der Waals surface area contributed by atoms with Crippen LogP contribution in [0.2, 0.25) is 0 Å². The van der Waals surface area contributed by atoms with Gasteiger partial charge < -0.3 is 14.4 Å². The van der Waals surface area contributed by atoms with Crippen molar-refractivity contribution < 1.29 is 23.9 Å². The lowest BCUT2D eigenvalue weighted by Gasteiger charge is -2.19. The normalized spacial score (nSPS) is 10.3. The van der Waals surface area contributed by atoms with Gasteiger partial charge in [0.25, 0.3) is 5.91 Å². The molecule has 3 aromatic carbocycles. The van der Waals surface area contributed by atoms with E-state index in [0.717, 1.165) is 0 Å². The molecule has 0 atom stereocenters. The van der Waals surface area contributed by atoms with Gasteiger partial charge in [-0.3, -0.25) is 9.59 Å². The number of nitrogens with zero attached hydrogens (tertiary/aromatic N) is 1. The van der Waals surface area contributed by atoms with Crippen molar-refractivity contribution in [3.8, 4) is 5.75 Å². The quantitative estimate of drug-likeness (QED) is 0.374. The van der Waals surface area contributed by atoms with Crippen LogP contribution in [0.15, 0.2) is 72.8 Å². The van der Waals surface area contributed by atoms with Crippen molar-refractivity contribution in [2.45, 2.75) is 20.5 Å². The predicted molar refractivity (Wildman–Crippen MR) is 122 cm³/mol. The smallest absolute Gasteiger partial charge is 0.339 e. The lowest BCUT2D eigenvalue weighted by atomic mass is 10.1. The van der Waals surface area contributed by atoms with Gasteiger partial charge in [0.2, 0.25) is 0 Å². The van der Waals surface area contributed by atoms with Crippen molar-refractivity contribution in [3.63, 3.8) is 0 Å². The lowest BCUT2D eigenvalue weighted by molar-refractivity contribution is 0.0466. The number of hydrogen-bond donors (Lipinski definition) is 0. The van der Waals surface area contributed by atoms with Crippen LogP contribution < -0.4 is 9.64 Å². The molecule has 6 nitrogen and oxygen atoms in total. The van der Waals surface area contributed by atoms with Gasteiger partial charge in [-0.05, 0) is 56.3 Å². The molecule has 3 rings (SSSR count). The Morgan fingerprint density at radius 1 is 0.875 bits per heavy atom. The number of carbonyl (C=O) groups excluding carboxylic acids is 3. The first-order valence-corrected chi connectivity index (χ1v) is 10.3. The third kappa shape index (κ3) is 5.21. The van der Waals surface area contributed by atoms with Crippen LogP contribution in [0, 0.1) is 0 Å². The van der Waals surface area contributed by atoms with Gasteiger partial charge >= 0.3 is 5.97 Å². The summed E-state index contributed by atoms with van der Waals surface area (Å²) in [7, 11) is 1.65. The highest BCUT2D eigenvalue weighted by Crippen LogP contribution is 2.23. The Hall–Kier alpha value is -3.93. The fourth-order valence-corrected chi connectivity index (χ4v) is 3.23. The number of benzene rings is 3. The monoisotopic (exact) mass is 431 g/mol. The van der Waals surface area contributed by atoms with E-state index >= 15 is 0 Å². The second-order valence-electron chi connectivity index (χ2n) is 7.13. The summed E-state index contributed by atoms with van der Waals surface area (Å²) in [5, 5.41) is 0. The highest BCUT2D eigenvalue weighted by atomic mass is 16.5. The van der Waals surface area contributed by atoms with Crippen LogP contribution in [0.3, 0.4) is 0 Å². The molecule has 6 heteroatoms. The molecule has 0 N–H and O–H groups in total. The largest absolute Gasteiger partial charge is 0.493 e. The summed E-state index contributed by atoms with van der Waals surface area (Å²) >= 11 is 0. The Labute approximate surface area is 187 Å². The summed E-state index contributed by atoms with van der Waals surface area (Å²) in [4.78, 5) is 39.2. The van der Waals surface area contributed by atoms with E-state index in [1.54, 1.807) is 49.5 Å². The molecule has 1 amide bonds. The molecular weight excluding hydrogens is 406 g/mol. The van der Waals surface area contributed by atoms with E-state index in [4.69, 9.17) is 9.47 Å². The molecule has 0 heterocycles. The number of ether oxygens (including phenoxy) is 2. The van der Waals surface area contributed by atoms with Crippen LogP contribution in [0.25, 0.3) is 0 Å². The minimum atomic E-state index is -0.633. The number of Topliss-reactive ketones (excluding diaryl/α,β-unsaturated/α-hetero) is 1. The number of para-hydroxylation sites is 1. The number of amides is 1. The van der Waals surface area contributed by atoms with Crippen molar-refractivity contribution >= 4 is 23.3 Å². The summed E-state index contributed by atoms with van der Waals surface area (Å²) < 4.78 is 11.1. The number of carbonyl (C=O) groups is 3. The minimum absolute atomic E-state index is 0.0909. The fourth-order valence-electron chi connectivity index (χ4n) is 3.23. The van der Waals surface area contributed by atoms with Crippen molar-refractivity contribution in [2.75, 3.05) is 18.6 Å². The van der Waals surface area contributed by atoms with Gasteiger partial charge in [0.15, 0.2) is 5.78 Å². The Bertz CT molecular complexity index is 1120. The standard InChI is InChI=1S/C26H25NO5/c1-4-31-24-15-14-19(18(2)28)16-20(24)17-32-26(30)23-13-9-8-12-22(23)25(29)27(3)21-10-6-5-7-11-21/h5-16H,4,17H2,1-3H3. The van der Waals surface area contributed by atoms with Crippen LogP contribution in [0.4, 0.5) is 5.69 Å². The fraction of sp³-hybridized carbons (Fsp3) is 0.192. The van der Waals surface area contributed by atoms with E-state index in [9.17, 15) is 14.4 Å². The average molecular weight is 431 g/mol. The molecule has 164 valence electrons. The number of anilines is 1. The number of hydrogen-bond acceptors (Lipinski definition) is 5. The van der Waals surface area contributed by atoms with Gasteiger partial charge in [-0.15, -0.1) is 0 Å². The maximum atomic E-state index is 13.1. The van der Waals surface area contributed by atoms with E-state index in [-0.39, 0.29) is 29.4 Å². The summed E-state index contributed by atoms with van der Waals surface area (Å²) in [6.45, 7) is 3.66. The molecule has 0 fully saturated rings.